The van der Waals surface area contributed by atoms with Crippen LogP contribution in [-0.4, -0.2) is 29.6 Å². The molecule has 2 rings (SSSR count). The number of alkyl carbamates (subject to hydrolysis) is 1. The van der Waals surface area contributed by atoms with Crippen LogP contribution < -0.4 is 10.1 Å². The fourth-order valence-corrected chi connectivity index (χ4v) is 2.50. The SMILES string of the molecule is CC(C)(C)OC(=O)NC1CCCc2onc(OCOC(=O)C(C)(C)C)c21. The van der Waals surface area contributed by atoms with E-state index in [9.17, 15) is 9.59 Å². The quantitative estimate of drug-likeness (QED) is 0.641. The second-order valence-corrected chi connectivity index (χ2v) is 8.36. The van der Waals surface area contributed by atoms with Gasteiger partial charge in [-0.15, -0.1) is 0 Å². The van der Waals surface area contributed by atoms with Crippen LogP contribution in [0.15, 0.2) is 4.52 Å². The molecule has 1 aromatic rings. The number of fused-ring (bicyclic) bond motifs is 1. The highest BCUT2D eigenvalue weighted by Crippen LogP contribution is 2.36. The fraction of sp³-hybridized carbons (Fsp3) is 0.722. The highest BCUT2D eigenvalue weighted by atomic mass is 16.7. The van der Waals surface area contributed by atoms with E-state index < -0.39 is 17.1 Å². The lowest BCUT2D eigenvalue weighted by Gasteiger charge is -2.25. The maximum atomic E-state index is 12.1. The number of esters is 1. The molecule has 0 aliphatic heterocycles. The van der Waals surface area contributed by atoms with E-state index in [2.05, 4.69) is 10.5 Å². The van der Waals surface area contributed by atoms with Crippen molar-refractivity contribution in [1.29, 1.82) is 0 Å². The Balaban J connectivity index is 2.03. The predicted molar refractivity (Wildman–Crippen MR) is 92.6 cm³/mol. The van der Waals surface area contributed by atoms with Gasteiger partial charge < -0.3 is 24.1 Å². The minimum absolute atomic E-state index is 0.225. The van der Waals surface area contributed by atoms with Gasteiger partial charge in [0.15, 0.2) is 0 Å². The number of aromatic nitrogens is 1. The average Bonchev–Trinajstić information content (AvgIpc) is 2.88. The first-order valence-electron chi connectivity index (χ1n) is 8.75. The molecule has 1 unspecified atom stereocenters. The highest BCUT2D eigenvalue weighted by molar-refractivity contribution is 5.75. The second-order valence-electron chi connectivity index (χ2n) is 8.36. The van der Waals surface area contributed by atoms with Gasteiger partial charge in [0.25, 0.3) is 5.88 Å². The van der Waals surface area contributed by atoms with Crippen LogP contribution in [0.5, 0.6) is 5.88 Å². The first-order chi connectivity index (χ1) is 12.0. The van der Waals surface area contributed by atoms with Crippen LogP contribution in [0, 0.1) is 5.41 Å². The van der Waals surface area contributed by atoms with Gasteiger partial charge in [0.1, 0.15) is 11.4 Å². The van der Waals surface area contributed by atoms with Crippen molar-refractivity contribution in [2.24, 2.45) is 5.41 Å². The van der Waals surface area contributed by atoms with Gasteiger partial charge in [-0.05, 0) is 59.5 Å². The molecule has 0 aromatic carbocycles. The molecular formula is C18H28N2O6. The predicted octanol–water partition coefficient (Wildman–Crippen LogP) is 3.50. The molecule has 1 aliphatic rings. The number of ether oxygens (including phenoxy) is 3. The van der Waals surface area contributed by atoms with Crippen LogP contribution in [0.25, 0.3) is 0 Å². The van der Waals surface area contributed by atoms with Crippen molar-refractivity contribution in [2.45, 2.75) is 72.4 Å². The number of nitrogens with zero attached hydrogens (tertiary/aromatic N) is 1. The summed E-state index contributed by atoms with van der Waals surface area (Å²) in [6, 6.07) is -0.326. The van der Waals surface area contributed by atoms with E-state index in [0.29, 0.717) is 24.2 Å². The van der Waals surface area contributed by atoms with Crippen LogP contribution in [-0.2, 0) is 20.7 Å². The lowest BCUT2D eigenvalue weighted by Crippen LogP contribution is -2.36. The molecule has 1 heterocycles. The van der Waals surface area contributed by atoms with Crippen LogP contribution in [0.3, 0.4) is 0 Å². The third-order valence-corrected chi connectivity index (χ3v) is 3.70. The lowest BCUT2D eigenvalue weighted by atomic mass is 9.93. The Morgan fingerprint density at radius 3 is 2.54 bits per heavy atom. The number of hydrogen-bond acceptors (Lipinski definition) is 7. The molecule has 8 nitrogen and oxygen atoms in total. The van der Waals surface area contributed by atoms with Gasteiger partial charge in [-0.3, -0.25) is 4.79 Å². The van der Waals surface area contributed by atoms with E-state index in [-0.39, 0.29) is 24.7 Å². The molecule has 146 valence electrons. The van der Waals surface area contributed by atoms with Crippen molar-refractivity contribution < 1.29 is 28.3 Å². The van der Waals surface area contributed by atoms with Crippen molar-refractivity contribution >= 4 is 12.1 Å². The molecule has 1 atom stereocenters. The summed E-state index contributed by atoms with van der Waals surface area (Å²) in [5, 5.41) is 6.74. The minimum Gasteiger partial charge on any atom is -0.444 e. The van der Waals surface area contributed by atoms with Gasteiger partial charge >= 0.3 is 12.1 Å². The van der Waals surface area contributed by atoms with Crippen LogP contribution in [0.4, 0.5) is 4.79 Å². The summed E-state index contributed by atoms with van der Waals surface area (Å²) in [6.07, 6.45) is 1.76. The van der Waals surface area contributed by atoms with Crippen LogP contribution in [0.1, 0.15) is 71.7 Å². The standard InChI is InChI=1S/C18H28N2O6/c1-17(2,3)15(21)24-10-23-14-13-11(8-7-9-12(13)26-20-14)19-16(22)25-18(4,5)6/h11H,7-10H2,1-6H3,(H,19,22). The monoisotopic (exact) mass is 368 g/mol. The van der Waals surface area contributed by atoms with Gasteiger partial charge in [0.2, 0.25) is 6.79 Å². The van der Waals surface area contributed by atoms with Gasteiger partial charge in [0, 0.05) is 6.42 Å². The first kappa shape index (κ1) is 20.1. The van der Waals surface area contributed by atoms with E-state index >= 15 is 0 Å². The van der Waals surface area contributed by atoms with E-state index in [0.717, 1.165) is 6.42 Å². The maximum absolute atomic E-state index is 12.1. The van der Waals surface area contributed by atoms with Crippen molar-refractivity contribution in [3.05, 3.63) is 11.3 Å². The van der Waals surface area contributed by atoms with Gasteiger partial charge in [-0.2, -0.15) is 0 Å². The summed E-state index contributed by atoms with van der Waals surface area (Å²) in [5.41, 5.74) is -0.529. The average molecular weight is 368 g/mol. The molecule has 0 radical (unpaired) electrons. The van der Waals surface area contributed by atoms with Crippen LogP contribution >= 0.6 is 0 Å². The van der Waals surface area contributed by atoms with Gasteiger partial charge in [0.05, 0.1) is 17.0 Å². The van der Waals surface area contributed by atoms with E-state index in [1.54, 1.807) is 41.5 Å². The van der Waals surface area contributed by atoms with E-state index in [1.807, 2.05) is 0 Å². The topological polar surface area (TPSA) is 99.9 Å². The fourth-order valence-electron chi connectivity index (χ4n) is 2.50. The molecular weight excluding hydrogens is 340 g/mol. The normalized spacial score (nSPS) is 17.2. The number of nitrogens with one attached hydrogen (secondary N) is 1. The Morgan fingerprint density at radius 2 is 1.92 bits per heavy atom. The largest absolute Gasteiger partial charge is 0.444 e. The number of amides is 1. The number of rotatable bonds is 4. The zero-order valence-electron chi connectivity index (χ0n) is 16.3. The minimum atomic E-state index is -0.618. The number of carbonyl (C=O) groups is 2. The van der Waals surface area contributed by atoms with Gasteiger partial charge in [-0.25, -0.2) is 4.79 Å². The molecule has 1 N–H and O–H groups in total. The Labute approximate surface area is 153 Å². The summed E-state index contributed by atoms with van der Waals surface area (Å²) in [4.78, 5) is 23.9. The molecule has 26 heavy (non-hydrogen) atoms. The molecule has 0 fully saturated rings. The third-order valence-electron chi connectivity index (χ3n) is 3.70. The third kappa shape index (κ3) is 5.37. The summed E-state index contributed by atoms with van der Waals surface area (Å²) in [7, 11) is 0. The Bertz CT molecular complexity index is 654. The summed E-state index contributed by atoms with van der Waals surface area (Å²) < 4.78 is 21.2. The van der Waals surface area contributed by atoms with E-state index in [4.69, 9.17) is 18.7 Å². The Kier molecular flexibility index (Phi) is 5.83. The first-order valence-corrected chi connectivity index (χ1v) is 8.75. The van der Waals surface area contributed by atoms with Crippen molar-refractivity contribution in [3.63, 3.8) is 0 Å². The number of aryl methyl sites for hydroxylation is 1. The smallest absolute Gasteiger partial charge is 0.408 e. The molecule has 0 bridgehead atoms. The summed E-state index contributed by atoms with van der Waals surface area (Å²) in [5.74, 6) is 0.509. The van der Waals surface area contributed by atoms with Gasteiger partial charge in [-0.1, -0.05) is 0 Å². The molecule has 1 amide bonds. The van der Waals surface area contributed by atoms with Crippen molar-refractivity contribution in [3.8, 4) is 5.88 Å². The zero-order chi connectivity index (χ0) is 19.5. The summed E-state index contributed by atoms with van der Waals surface area (Å²) >= 11 is 0. The molecule has 0 saturated carbocycles. The lowest BCUT2D eigenvalue weighted by molar-refractivity contribution is -0.159. The molecule has 0 saturated heterocycles. The Hall–Kier alpha value is -2.25. The number of hydrogen-bond donors (Lipinski definition) is 1. The Morgan fingerprint density at radius 1 is 1.23 bits per heavy atom. The maximum Gasteiger partial charge on any atom is 0.408 e. The number of carbonyl (C=O) groups excluding carboxylic acids is 2. The van der Waals surface area contributed by atoms with Crippen molar-refractivity contribution in [2.75, 3.05) is 6.79 Å². The molecule has 1 aliphatic carbocycles. The molecule has 0 spiro atoms. The molecule has 1 aromatic heterocycles. The molecule has 8 heteroatoms. The van der Waals surface area contributed by atoms with Crippen molar-refractivity contribution in [1.82, 2.24) is 10.5 Å². The summed E-state index contributed by atoms with van der Waals surface area (Å²) in [6.45, 7) is 10.4. The second kappa shape index (κ2) is 7.55. The van der Waals surface area contributed by atoms with Crippen LogP contribution in [0.2, 0.25) is 0 Å². The highest BCUT2D eigenvalue weighted by Gasteiger charge is 2.32. The zero-order valence-corrected chi connectivity index (χ0v) is 16.3. The van der Waals surface area contributed by atoms with E-state index in [1.165, 1.54) is 0 Å².